The molecular weight excluding hydrogens is 352 g/mol. The van der Waals surface area contributed by atoms with Gasteiger partial charge in [-0.1, -0.05) is 48.5 Å². The van der Waals surface area contributed by atoms with Gasteiger partial charge in [-0.05, 0) is 38.3 Å². The summed E-state index contributed by atoms with van der Waals surface area (Å²) >= 11 is 0. The van der Waals surface area contributed by atoms with Crippen molar-refractivity contribution in [1.29, 1.82) is 0 Å². The first kappa shape index (κ1) is 20.0. The molecule has 5 nitrogen and oxygen atoms in total. The first-order valence-corrected chi connectivity index (χ1v) is 9.68. The van der Waals surface area contributed by atoms with Gasteiger partial charge in [0, 0.05) is 23.7 Å². The van der Waals surface area contributed by atoms with Crippen LogP contribution in [0.1, 0.15) is 42.6 Å². The highest BCUT2D eigenvalue weighted by atomic mass is 16.2. The molecule has 0 spiro atoms. The Morgan fingerprint density at radius 3 is 2.50 bits per heavy atom. The van der Waals surface area contributed by atoms with Crippen LogP contribution < -0.4 is 10.2 Å². The zero-order valence-corrected chi connectivity index (χ0v) is 16.4. The number of hydrogen-bond acceptors (Lipinski definition) is 4. The monoisotopic (exact) mass is 378 g/mol. The number of carbonyl (C=O) groups excluding carboxylic acids is 3. The van der Waals surface area contributed by atoms with Crippen molar-refractivity contribution in [3.8, 4) is 0 Å². The zero-order valence-electron chi connectivity index (χ0n) is 16.4. The average molecular weight is 378 g/mol. The first-order valence-electron chi connectivity index (χ1n) is 9.68. The minimum Gasteiger partial charge on any atom is -0.303 e. The van der Waals surface area contributed by atoms with E-state index < -0.39 is 6.04 Å². The van der Waals surface area contributed by atoms with Gasteiger partial charge < -0.3 is 10.2 Å². The second kappa shape index (κ2) is 8.93. The molecular formula is C23H26N2O3. The lowest BCUT2D eigenvalue weighted by Crippen LogP contribution is -2.50. The number of nitrogens with one attached hydrogen (secondary N) is 1. The minimum absolute atomic E-state index is 0.0468. The van der Waals surface area contributed by atoms with E-state index in [1.54, 1.807) is 17.0 Å². The largest absolute Gasteiger partial charge is 0.303 e. The van der Waals surface area contributed by atoms with E-state index in [1.165, 1.54) is 6.92 Å². The normalized spacial score (nSPS) is 17.6. The van der Waals surface area contributed by atoms with Gasteiger partial charge in [0.05, 0.1) is 12.6 Å². The van der Waals surface area contributed by atoms with Crippen LogP contribution in [0.3, 0.4) is 0 Å². The van der Waals surface area contributed by atoms with E-state index in [2.05, 4.69) is 5.32 Å². The number of fused-ring (bicyclic) bond motifs is 1. The standard InChI is InChI=1S/C23H26N2O3/c1-16(14-22(27)19-9-4-3-5-10-19)24-20-13-12-18-8-6-7-11-21(18)25(23(20)28)15-17(2)26/h3-11,16,20,24H,12-15H2,1-2H3/t16?,20-/m0/s1. The van der Waals surface area contributed by atoms with Crippen molar-refractivity contribution in [2.75, 3.05) is 11.4 Å². The molecule has 1 aliphatic rings. The van der Waals surface area contributed by atoms with Crippen molar-refractivity contribution in [3.63, 3.8) is 0 Å². The average Bonchev–Trinajstić information content (AvgIpc) is 2.81. The Hall–Kier alpha value is -2.79. The number of nitrogens with zero attached hydrogens (tertiary/aromatic N) is 1. The van der Waals surface area contributed by atoms with Crippen molar-refractivity contribution >= 4 is 23.2 Å². The summed E-state index contributed by atoms with van der Waals surface area (Å²) in [6.45, 7) is 3.47. The van der Waals surface area contributed by atoms with Gasteiger partial charge in [0.25, 0.3) is 0 Å². The number of para-hydroxylation sites is 1. The molecule has 0 aliphatic carbocycles. The van der Waals surface area contributed by atoms with Gasteiger partial charge in [0.2, 0.25) is 5.91 Å². The third-order valence-corrected chi connectivity index (χ3v) is 5.00. The van der Waals surface area contributed by atoms with Crippen LogP contribution in [-0.4, -0.2) is 36.1 Å². The molecule has 1 heterocycles. The van der Waals surface area contributed by atoms with Crippen molar-refractivity contribution in [3.05, 3.63) is 65.7 Å². The molecule has 0 saturated carbocycles. The van der Waals surface area contributed by atoms with E-state index in [9.17, 15) is 14.4 Å². The zero-order chi connectivity index (χ0) is 20.1. The van der Waals surface area contributed by atoms with Crippen LogP contribution in [0.25, 0.3) is 0 Å². The molecule has 0 saturated heterocycles. The number of anilines is 1. The molecule has 146 valence electrons. The molecule has 5 heteroatoms. The van der Waals surface area contributed by atoms with Crippen LogP contribution in [0.2, 0.25) is 0 Å². The predicted octanol–water partition coefficient (Wildman–Crippen LogP) is 3.17. The maximum absolute atomic E-state index is 13.2. The van der Waals surface area contributed by atoms with Gasteiger partial charge >= 0.3 is 0 Å². The lowest BCUT2D eigenvalue weighted by Gasteiger charge is -2.27. The van der Waals surface area contributed by atoms with E-state index in [1.807, 2.05) is 49.4 Å². The van der Waals surface area contributed by atoms with Crippen molar-refractivity contribution in [1.82, 2.24) is 5.32 Å². The summed E-state index contributed by atoms with van der Waals surface area (Å²) in [7, 11) is 0. The highest BCUT2D eigenvalue weighted by Gasteiger charge is 2.31. The van der Waals surface area contributed by atoms with E-state index >= 15 is 0 Å². The first-order chi connectivity index (χ1) is 13.5. The number of benzene rings is 2. The van der Waals surface area contributed by atoms with Crippen LogP contribution in [0.15, 0.2) is 54.6 Å². The van der Waals surface area contributed by atoms with Crippen LogP contribution in [0.4, 0.5) is 5.69 Å². The molecule has 28 heavy (non-hydrogen) atoms. The summed E-state index contributed by atoms with van der Waals surface area (Å²) in [5.74, 6) is -0.124. The van der Waals surface area contributed by atoms with Crippen molar-refractivity contribution in [2.24, 2.45) is 0 Å². The summed E-state index contributed by atoms with van der Waals surface area (Å²) < 4.78 is 0. The topological polar surface area (TPSA) is 66.5 Å². The molecule has 1 unspecified atom stereocenters. The fourth-order valence-corrected chi connectivity index (χ4v) is 3.68. The number of Topliss-reactive ketones (excluding diaryl/α,β-unsaturated/α-hetero) is 2. The fraction of sp³-hybridized carbons (Fsp3) is 0.348. The van der Waals surface area contributed by atoms with Gasteiger partial charge in [-0.2, -0.15) is 0 Å². The van der Waals surface area contributed by atoms with Crippen LogP contribution in [0.5, 0.6) is 0 Å². The Balaban J connectivity index is 1.72. The number of rotatable bonds is 7. The van der Waals surface area contributed by atoms with Crippen molar-refractivity contribution in [2.45, 2.75) is 45.2 Å². The second-order valence-corrected chi connectivity index (χ2v) is 7.41. The molecule has 2 aromatic rings. The molecule has 0 fully saturated rings. The smallest absolute Gasteiger partial charge is 0.244 e. The number of carbonyl (C=O) groups is 3. The third kappa shape index (κ3) is 4.73. The van der Waals surface area contributed by atoms with Crippen LogP contribution in [-0.2, 0) is 16.0 Å². The molecule has 1 N–H and O–H groups in total. The van der Waals surface area contributed by atoms with Crippen LogP contribution >= 0.6 is 0 Å². The number of hydrogen-bond donors (Lipinski definition) is 1. The number of aryl methyl sites for hydroxylation is 1. The lowest BCUT2D eigenvalue weighted by molar-refractivity contribution is -0.123. The summed E-state index contributed by atoms with van der Waals surface area (Å²) in [5.41, 5.74) is 2.54. The van der Waals surface area contributed by atoms with Gasteiger partial charge in [0.1, 0.15) is 5.78 Å². The Morgan fingerprint density at radius 1 is 1.11 bits per heavy atom. The van der Waals surface area contributed by atoms with E-state index in [0.717, 1.165) is 17.7 Å². The van der Waals surface area contributed by atoms with E-state index in [0.29, 0.717) is 18.4 Å². The fourth-order valence-electron chi connectivity index (χ4n) is 3.68. The van der Waals surface area contributed by atoms with Gasteiger partial charge in [-0.3, -0.25) is 14.4 Å². The van der Waals surface area contributed by atoms with E-state index in [-0.39, 0.29) is 30.1 Å². The van der Waals surface area contributed by atoms with Gasteiger partial charge in [-0.25, -0.2) is 0 Å². The lowest BCUT2D eigenvalue weighted by atomic mass is 10.0. The maximum atomic E-state index is 13.2. The van der Waals surface area contributed by atoms with E-state index in [4.69, 9.17) is 0 Å². The Morgan fingerprint density at radius 2 is 1.79 bits per heavy atom. The molecule has 0 aromatic heterocycles. The summed E-state index contributed by atoms with van der Waals surface area (Å²) in [4.78, 5) is 38.9. The third-order valence-electron chi connectivity index (χ3n) is 5.00. The summed E-state index contributed by atoms with van der Waals surface area (Å²) in [5, 5.41) is 3.32. The number of ketones is 2. The van der Waals surface area contributed by atoms with Gasteiger partial charge in [-0.15, -0.1) is 0 Å². The molecule has 2 atom stereocenters. The Kier molecular flexibility index (Phi) is 6.37. The SMILES string of the molecule is CC(=O)CN1C(=O)[C@@H](NC(C)CC(=O)c2ccccc2)CCc2ccccc21. The second-order valence-electron chi connectivity index (χ2n) is 7.41. The molecule has 0 bridgehead atoms. The Bertz CT molecular complexity index is 863. The van der Waals surface area contributed by atoms with Crippen molar-refractivity contribution < 1.29 is 14.4 Å². The highest BCUT2D eigenvalue weighted by Crippen LogP contribution is 2.27. The quantitative estimate of drug-likeness (QED) is 0.752. The predicted molar refractivity (Wildman–Crippen MR) is 110 cm³/mol. The van der Waals surface area contributed by atoms with Crippen LogP contribution in [0, 0.1) is 0 Å². The maximum Gasteiger partial charge on any atom is 0.244 e. The Labute approximate surface area is 165 Å². The summed E-state index contributed by atoms with van der Waals surface area (Å²) in [6, 6.07) is 16.3. The molecule has 1 amide bonds. The number of amides is 1. The highest BCUT2D eigenvalue weighted by molar-refractivity contribution is 6.02. The molecule has 2 aromatic carbocycles. The summed E-state index contributed by atoms with van der Waals surface area (Å²) in [6.07, 6.45) is 1.69. The minimum atomic E-state index is -0.426. The molecule has 3 rings (SSSR count). The molecule has 0 radical (unpaired) electrons. The van der Waals surface area contributed by atoms with Gasteiger partial charge in [0.15, 0.2) is 5.78 Å². The molecule has 1 aliphatic heterocycles.